The van der Waals surface area contributed by atoms with Gasteiger partial charge in [-0.2, -0.15) is 0 Å². The molecule has 1 fully saturated rings. The van der Waals surface area contributed by atoms with Gasteiger partial charge in [-0.05, 0) is 43.4 Å². The number of aromatic hydroxyl groups is 1. The minimum atomic E-state index is -0.141. The lowest BCUT2D eigenvalue weighted by atomic mass is 9.99. The lowest BCUT2D eigenvalue weighted by Gasteiger charge is -2.21. The first kappa shape index (κ1) is 22.5. The van der Waals surface area contributed by atoms with Gasteiger partial charge in [-0.1, -0.05) is 19.1 Å². The summed E-state index contributed by atoms with van der Waals surface area (Å²) in [6, 6.07) is 7.29. The maximum Gasteiger partial charge on any atom is 0.310 e. The van der Waals surface area contributed by atoms with Crippen LogP contribution in [-0.2, 0) is 16.0 Å². The Balaban J connectivity index is 0.00000338. The van der Waals surface area contributed by atoms with Crippen LogP contribution in [0.1, 0.15) is 25.8 Å². The molecule has 7 heteroatoms. The van der Waals surface area contributed by atoms with Crippen molar-refractivity contribution >= 4 is 35.9 Å². The smallest absolute Gasteiger partial charge is 0.310 e. The van der Waals surface area contributed by atoms with Gasteiger partial charge in [-0.3, -0.25) is 9.79 Å². The molecule has 0 aromatic heterocycles. The second-order valence-corrected chi connectivity index (χ2v) is 6.52. The van der Waals surface area contributed by atoms with E-state index < -0.39 is 0 Å². The zero-order chi connectivity index (χ0) is 18.2. The molecule has 1 aromatic carbocycles. The number of guanidine groups is 1. The second-order valence-electron chi connectivity index (χ2n) is 6.52. The van der Waals surface area contributed by atoms with E-state index in [0.29, 0.717) is 12.3 Å². The summed E-state index contributed by atoms with van der Waals surface area (Å²) in [5.74, 6) is 1.18. The van der Waals surface area contributed by atoms with E-state index in [-0.39, 0.29) is 41.8 Å². The molecular weight excluding hydrogens is 445 g/mol. The fourth-order valence-corrected chi connectivity index (χ4v) is 3.15. The summed E-state index contributed by atoms with van der Waals surface area (Å²) in [5, 5.41) is 12.6. The molecule has 2 atom stereocenters. The van der Waals surface area contributed by atoms with E-state index in [1.165, 1.54) is 12.7 Å². The Morgan fingerprint density at radius 1 is 1.35 bits per heavy atom. The Bertz CT molecular complexity index is 592. The third kappa shape index (κ3) is 6.34. The molecule has 0 bridgehead atoms. The van der Waals surface area contributed by atoms with Gasteiger partial charge in [0.2, 0.25) is 0 Å². The van der Waals surface area contributed by atoms with Crippen molar-refractivity contribution in [2.45, 2.75) is 26.7 Å². The molecule has 1 aromatic rings. The number of phenols is 1. The van der Waals surface area contributed by atoms with Crippen molar-refractivity contribution in [2.75, 3.05) is 33.3 Å². The van der Waals surface area contributed by atoms with Crippen LogP contribution < -0.4 is 5.32 Å². The van der Waals surface area contributed by atoms with Crippen LogP contribution in [-0.4, -0.2) is 55.2 Å². The van der Waals surface area contributed by atoms with Crippen LogP contribution in [0.25, 0.3) is 0 Å². The monoisotopic (exact) mass is 475 g/mol. The Hall–Kier alpha value is -1.51. The quantitative estimate of drug-likeness (QED) is 0.218. The fraction of sp³-hybridized carbons (Fsp3) is 0.579. The highest BCUT2D eigenvalue weighted by Gasteiger charge is 2.36. The highest BCUT2D eigenvalue weighted by atomic mass is 127. The molecule has 1 aliphatic heterocycles. The number of benzene rings is 1. The second kappa shape index (κ2) is 11.3. The number of hydrogen-bond acceptors (Lipinski definition) is 4. The van der Waals surface area contributed by atoms with Gasteiger partial charge in [-0.25, -0.2) is 0 Å². The summed E-state index contributed by atoms with van der Waals surface area (Å²) >= 11 is 0. The topological polar surface area (TPSA) is 74.2 Å². The molecule has 1 saturated heterocycles. The molecule has 146 valence electrons. The predicted octanol–water partition coefficient (Wildman–Crippen LogP) is 2.65. The molecule has 0 aliphatic carbocycles. The normalized spacial score (nSPS) is 19.8. The molecule has 6 nitrogen and oxygen atoms in total. The molecular formula is C19H30IN3O3. The summed E-state index contributed by atoms with van der Waals surface area (Å²) in [6.45, 7) is 7.10. The fourth-order valence-electron chi connectivity index (χ4n) is 3.15. The largest absolute Gasteiger partial charge is 0.508 e. The van der Waals surface area contributed by atoms with Crippen LogP contribution in [0.15, 0.2) is 29.3 Å². The van der Waals surface area contributed by atoms with Crippen LogP contribution in [0.2, 0.25) is 0 Å². The number of aryl methyl sites for hydroxylation is 1. The summed E-state index contributed by atoms with van der Waals surface area (Å²) in [6.07, 6.45) is 1.86. The van der Waals surface area contributed by atoms with E-state index >= 15 is 0 Å². The number of nitrogens with zero attached hydrogens (tertiary/aromatic N) is 2. The zero-order valence-corrected chi connectivity index (χ0v) is 18.1. The minimum absolute atomic E-state index is 0. The number of carbonyl (C=O) groups excluding carboxylic acids is 1. The summed E-state index contributed by atoms with van der Waals surface area (Å²) in [4.78, 5) is 18.7. The lowest BCUT2D eigenvalue weighted by molar-refractivity contribution is -0.145. The summed E-state index contributed by atoms with van der Waals surface area (Å²) < 4.78 is 4.90. The molecule has 2 N–H and O–H groups in total. The van der Waals surface area contributed by atoms with Crippen LogP contribution in [0.5, 0.6) is 5.75 Å². The number of methoxy groups -OCH3 is 1. The summed E-state index contributed by atoms with van der Waals surface area (Å²) in [7, 11) is 1.44. The molecule has 1 aliphatic rings. The number of likely N-dealkylation sites (tertiary alicyclic amines) is 1. The lowest BCUT2D eigenvalue weighted by Crippen LogP contribution is -2.40. The number of aliphatic imine (C=N–C) groups is 1. The van der Waals surface area contributed by atoms with Crippen molar-refractivity contribution in [1.82, 2.24) is 10.2 Å². The highest BCUT2D eigenvalue weighted by Crippen LogP contribution is 2.24. The molecule has 0 radical (unpaired) electrons. The van der Waals surface area contributed by atoms with Crippen molar-refractivity contribution in [3.05, 3.63) is 29.8 Å². The first-order valence-electron chi connectivity index (χ1n) is 8.94. The number of esters is 1. The van der Waals surface area contributed by atoms with Gasteiger partial charge in [0.25, 0.3) is 0 Å². The van der Waals surface area contributed by atoms with Crippen molar-refractivity contribution in [1.29, 1.82) is 0 Å². The van der Waals surface area contributed by atoms with Crippen LogP contribution in [0.4, 0.5) is 0 Å². The van der Waals surface area contributed by atoms with Crippen LogP contribution in [0, 0.1) is 11.8 Å². The average Bonchev–Trinajstić information content (AvgIpc) is 3.00. The van der Waals surface area contributed by atoms with Crippen molar-refractivity contribution in [3.63, 3.8) is 0 Å². The van der Waals surface area contributed by atoms with Gasteiger partial charge in [0, 0.05) is 26.2 Å². The molecule has 26 heavy (non-hydrogen) atoms. The zero-order valence-electron chi connectivity index (χ0n) is 15.8. The van der Waals surface area contributed by atoms with Crippen molar-refractivity contribution < 1.29 is 14.6 Å². The van der Waals surface area contributed by atoms with E-state index in [0.717, 1.165) is 38.4 Å². The Morgan fingerprint density at radius 3 is 2.65 bits per heavy atom. The SMILES string of the molecule is CCNC(=NCCCc1ccc(O)cc1)N1CC(C)C(C(=O)OC)C1.I. The van der Waals surface area contributed by atoms with E-state index in [1.54, 1.807) is 12.1 Å². The number of ether oxygens (including phenoxy) is 1. The van der Waals surface area contributed by atoms with Gasteiger partial charge < -0.3 is 20.1 Å². The predicted molar refractivity (Wildman–Crippen MR) is 114 cm³/mol. The third-order valence-electron chi connectivity index (χ3n) is 4.57. The number of phenolic OH excluding ortho intramolecular Hbond substituents is 1. The van der Waals surface area contributed by atoms with Crippen LogP contribution in [0.3, 0.4) is 0 Å². The molecule has 1 heterocycles. The molecule has 0 saturated carbocycles. The minimum Gasteiger partial charge on any atom is -0.508 e. The number of rotatable bonds is 6. The van der Waals surface area contributed by atoms with Gasteiger partial charge in [-0.15, -0.1) is 24.0 Å². The van der Waals surface area contributed by atoms with Gasteiger partial charge >= 0.3 is 5.97 Å². The molecule has 2 rings (SSSR count). The van der Waals surface area contributed by atoms with E-state index in [4.69, 9.17) is 9.73 Å². The van der Waals surface area contributed by atoms with Gasteiger partial charge in [0.15, 0.2) is 5.96 Å². The van der Waals surface area contributed by atoms with E-state index in [1.807, 2.05) is 19.1 Å². The summed E-state index contributed by atoms with van der Waals surface area (Å²) in [5.41, 5.74) is 1.19. The van der Waals surface area contributed by atoms with E-state index in [2.05, 4.69) is 17.1 Å². The van der Waals surface area contributed by atoms with Crippen LogP contribution >= 0.6 is 24.0 Å². The maximum atomic E-state index is 11.9. The number of carbonyl (C=O) groups is 1. The van der Waals surface area contributed by atoms with Gasteiger partial charge in [0.05, 0.1) is 13.0 Å². The van der Waals surface area contributed by atoms with Crippen molar-refractivity contribution in [3.8, 4) is 5.75 Å². The van der Waals surface area contributed by atoms with Gasteiger partial charge in [0.1, 0.15) is 5.75 Å². The number of hydrogen-bond donors (Lipinski definition) is 2. The number of halogens is 1. The first-order chi connectivity index (χ1) is 12.0. The maximum absolute atomic E-state index is 11.9. The molecule has 0 amide bonds. The molecule has 0 spiro atoms. The Kier molecular flexibility index (Phi) is 9.75. The third-order valence-corrected chi connectivity index (χ3v) is 4.57. The first-order valence-corrected chi connectivity index (χ1v) is 8.94. The standard InChI is InChI=1S/C19H29N3O3.HI/c1-4-20-19(22-12-14(2)17(13-22)18(24)25-3)21-11-5-6-15-7-9-16(23)10-8-15;/h7-10,14,17,23H,4-6,11-13H2,1-3H3,(H,20,21);1H. The molecule has 2 unspecified atom stereocenters. The Morgan fingerprint density at radius 2 is 2.04 bits per heavy atom. The average molecular weight is 475 g/mol. The van der Waals surface area contributed by atoms with E-state index in [9.17, 15) is 9.90 Å². The van der Waals surface area contributed by atoms with Crippen molar-refractivity contribution in [2.24, 2.45) is 16.8 Å². The highest BCUT2D eigenvalue weighted by molar-refractivity contribution is 14.0. The Labute approximate surface area is 173 Å². The number of nitrogens with one attached hydrogen (secondary N) is 1.